The lowest BCUT2D eigenvalue weighted by atomic mass is 10.1. The Kier molecular flexibility index (Phi) is 5.89. The van der Waals surface area contributed by atoms with Crippen LogP contribution in [0.15, 0.2) is 77.8 Å². The Morgan fingerprint density at radius 1 is 0.931 bits per heavy atom. The second kappa shape index (κ2) is 8.53. The Morgan fingerprint density at radius 2 is 1.62 bits per heavy atom. The summed E-state index contributed by atoms with van der Waals surface area (Å²) in [4.78, 5) is 27.2. The summed E-state index contributed by atoms with van der Waals surface area (Å²) in [5.74, 6) is -0.962. The van der Waals surface area contributed by atoms with Crippen molar-refractivity contribution in [2.24, 2.45) is 0 Å². The predicted octanol–water partition coefficient (Wildman–Crippen LogP) is 3.01. The van der Waals surface area contributed by atoms with Gasteiger partial charge in [0.15, 0.2) is 0 Å². The monoisotopic (exact) mass is 412 g/mol. The van der Waals surface area contributed by atoms with Crippen LogP contribution in [0.5, 0.6) is 5.88 Å². The number of pyridine rings is 1. The zero-order chi connectivity index (χ0) is 20.9. The molecule has 1 N–H and O–H groups in total. The Bertz CT molecular complexity index is 1130. The molecular weight excluding hydrogens is 396 g/mol. The fourth-order valence-corrected chi connectivity index (χ4v) is 3.70. The molecule has 1 aromatic heterocycles. The van der Waals surface area contributed by atoms with E-state index in [-0.39, 0.29) is 16.3 Å². The molecule has 1 amide bonds. The minimum absolute atomic E-state index is 0.0250. The molecule has 3 rings (SSSR count). The first kappa shape index (κ1) is 20.0. The normalized spacial score (nSPS) is 10.8. The molecule has 29 heavy (non-hydrogen) atoms. The number of amides is 1. The summed E-state index contributed by atoms with van der Waals surface area (Å²) in [5.41, 5.74) is 1.14. The summed E-state index contributed by atoms with van der Waals surface area (Å²) in [6, 6.07) is 17.9. The van der Waals surface area contributed by atoms with Crippen LogP contribution >= 0.6 is 0 Å². The first-order valence-electron chi connectivity index (χ1n) is 8.34. The second-order valence-electron chi connectivity index (χ2n) is 5.74. The van der Waals surface area contributed by atoms with Gasteiger partial charge in [-0.1, -0.05) is 48.5 Å². The van der Waals surface area contributed by atoms with Crippen molar-refractivity contribution >= 4 is 22.1 Å². The van der Waals surface area contributed by atoms with Gasteiger partial charge in [-0.15, -0.1) is 0 Å². The molecule has 1 heterocycles. The third-order valence-corrected chi connectivity index (χ3v) is 5.23. The summed E-state index contributed by atoms with van der Waals surface area (Å²) >= 11 is 0. The first-order valence-corrected chi connectivity index (χ1v) is 9.82. The van der Waals surface area contributed by atoms with Gasteiger partial charge in [0.1, 0.15) is 0 Å². The third kappa shape index (κ3) is 4.77. The minimum Gasteiger partial charge on any atom is -0.437 e. The zero-order valence-corrected chi connectivity index (χ0v) is 16.0. The maximum absolute atomic E-state index is 12.8. The van der Waals surface area contributed by atoms with Gasteiger partial charge in [-0.25, -0.2) is 22.9 Å². The van der Waals surface area contributed by atoms with E-state index in [1.807, 2.05) is 10.8 Å². The second-order valence-corrected chi connectivity index (χ2v) is 7.39. The molecule has 0 aliphatic carbocycles. The Morgan fingerprint density at radius 3 is 2.28 bits per heavy atom. The molecule has 0 aliphatic rings. The van der Waals surface area contributed by atoms with E-state index in [0.29, 0.717) is 11.1 Å². The van der Waals surface area contributed by atoms with Crippen molar-refractivity contribution in [2.45, 2.75) is 4.90 Å². The number of carbonyl (C=O) groups excluding carboxylic acids is 2. The SMILES string of the molecule is COC(=O)Oc1ccc(C(=O)NS(=O)(=O)c2ccccc2-c2ccccc2)cn1. The maximum Gasteiger partial charge on any atom is 0.514 e. The van der Waals surface area contributed by atoms with Crippen LogP contribution in [0.1, 0.15) is 10.4 Å². The van der Waals surface area contributed by atoms with Crippen molar-refractivity contribution in [2.75, 3.05) is 7.11 Å². The van der Waals surface area contributed by atoms with Gasteiger partial charge in [-0.05, 0) is 17.7 Å². The topological polar surface area (TPSA) is 112 Å². The third-order valence-electron chi connectivity index (χ3n) is 3.84. The van der Waals surface area contributed by atoms with E-state index in [4.69, 9.17) is 4.74 Å². The fourth-order valence-electron chi connectivity index (χ4n) is 2.50. The molecule has 2 aromatic carbocycles. The van der Waals surface area contributed by atoms with Gasteiger partial charge in [0.05, 0.1) is 17.6 Å². The molecule has 0 spiro atoms. The van der Waals surface area contributed by atoms with Crippen molar-refractivity contribution in [3.05, 3.63) is 78.5 Å². The number of hydrogen-bond acceptors (Lipinski definition) is 7. The molecule has 8 nitrogen and oxygen atoms in total. The van der Waals surface area contributed by atoms with Gasteiger partial charge < -0.3 is 9.47 Å². The van der Waals surface area contributed by atoms with E-state index in [0.717, 1.165) is 13.3 Å². The number of nitrogens with zero attached hydrogens (tertiary/aromatic N) is 1. The van der Waals surface area contributed by atoms with E-state index in [1.54, 1.807) is 42.5 Å². The Balaban J connectivity index is 1.83. The average Bonchev–Trinajstić information content (AvgIpc) is 2.74. The molecule has 0 radical (unpaired) electrons. The van der Waals surface area contributed by atoms with Crippen molar-refractivity contribution in [1.82, 2.24) is 9.71 Å². The molecule has 0 saturated heterocycles. The number of ether oxygens (including phenoxy) is 2. The van der Waals surface area contributed by atoms with Crippen LogP contribution in [0.3, 0.4) is 0 Å². The Hall–Kier alpha value is -3.72. The van der Waals surface area contributed by atoms with Crippen molar-refractivity contribution < 1.29 is 27.5 Å². The van der Waals surface area contributed by atoms with Gasteiger partial charge in [-0.2, -0.15) is 0 Å². The van der Waals surface area contributed by atoms with Gasteiger partial charge in [0.25, 0.3) is 15.9 Å². The highest BCUT2D eigenvalue weighted by molar-refractivity contribution is 7.90. The van der Waals surface area contributed by atoms with Gasteiger partial charge in [0, 0.05) is 17.8 Å². The van der Waals surface area contributed by atoms with Crippen molar-refractivity contribution in [3.8, 4) is 17.0 Å². The van der Waals surface area contributed by atoms with E-state index in [9.17, 15) is 18.0 Å². The molecule has 0 unspecified atom stereocenters. The first-order chi connectivity index (χ1) is 13.9. The lowest BCUT2D eigenvalue weighted by molar-refractivity contribution is 0.0981. The molecule has 9 heteroatoms. The van der Waals surface area contributed by atoms with Crippen LogP contribution in [-0.2, 0) is 14.8 Å². The summed E-state index contributed by atoms with van der Waals surface area (Å²) in [7, 11) is -3.01. The number of carbonyl (C=O) groups is 2. The number of sulfonamides is 1. The van der Waals surface area contributed by atoms with E-state index in [1.165, 1.54) is 18.2 Å². The van der Waals surface area contributed by atoms with E-state index in [2.05, 4.69) is 9.72 Å². The number of aromatic nitrogens is 1. The van der Waals surface area contributed by atoms with Crippen molar-refractivity contribution in [3.63, 3.8) is 0 Å². The largest absolute Gasteiger partial charge is 0.514 e. The van der Waals surface area contributed by atoms with Crippen LogP contribution in [0, 0.1) is 0 Å². The predicted molar refractivity (Wildman–Crippen MR) is 104 cm³/mol. The summed E-state index contributed by atoms with van der Waals surface area (Å²) < 4.78 is 36.7. The van der Waals surface area contributed by atoms with Gasteiger partial charge in [-0.3, -0.25) is 4.79 Å². The highest BCUT2D eigenvalue weighted by Gasteiger charge is 2.22. The minimum atomic E-state index is -4.15. The van der Waals surface area contributed by atoms with E-state index < -0.39 is 22.1 Å². The quantitative estimate of drug-likeness (QED) is 0.641. The summed E-state index contributed by atoms with van der Waals surface area (Å²) in [6.07, 6.45) is 0.126. The van der Waals surface area contributed by atoms with Crippen LogP contribution < -0.4 is 9.46 Å². The van der Waals surface area contributed by atoms with Crippen LogP contribution in [0.2, 0.25) is 0 Å². The zero-order valence-electron chi connectivity index (χ0n) is 15.2. The molecule has 0 fully saturated rings. The number of nitrogens with one attached hydrogen (secondary N) is 1. The van der Waals surface area contributed by atoms with Crippen LogP contribution in [0.25, 0.3) is 11.1 Å². The highest BCUT2D eigenvalue weighted by atomic mass is 32.2. The lowest BCUT2D eigenvalue weighted by Crippen LogP contribution is -2.31. The number of methoxy groups -OCH3 is 1. The van der Waals surface area contributed by atoms with Crippen LogP contribution in [0.4, 0.5) is 4.79 Å². The average molecular weight is 412 g/mol. The molecular formula is C20H16N2O6S. The lowest BCUT2D eigenvalue weighted by Gasteiger charge is -2.12. The molecule has 0 aliphatic heterocycles. The van der Waals surface area contributed by atoms with Gasteiger partial charge in [0.2, 0.25) is 5.88 Å². The summed E-state index contributed by atoms with van der Waals surface area (Å²) in [5, 5.41) is 0. The number of rotatable bonds is 5. The summed E-state index contributed by atoms with van der Waals surface area (Å²) in [6.45, 7) is 0. The highest BCUT2D eigenvalue weighted by Crippen LogP contribution is 2.27. The molecule has 0 atom stereocenters. The van der Waals surface area contributed by atoms with E-state index >= 15 is 0 Å². The maximum atomic E-state index is 12.8. The molecule has 3 aromatic rings. The Labute approximate surface area is 167 Å². The smallest absolute Gasteiger partial charge is 0.437 e. The van der Waals surface area contributed by atoms with Crippen LogP contribution in [-0.4, -0.2) is 32.6 Å². The number of hydrogen-bond donors (Lipinski definition) is 1. The standard InChI is InChI=1S/C20H16N2O6S/c1-27-20(24)28-18-12-11-15(13-21-18)19(23)22-29(25,26)17-10-6-5-9-16(17)14-7-3-2-4-8-14/h2-13H,1H3,(H,22,23). The fraction of sp³-hybridized carbons (Fsp3) is 0.0500. The molecule has 0 bridgehead atoms. The van der Waals surface area contributed by atoms with Gasteiger partial charge >= 0.3 is 6.16 Å². The molecule has 0 saturated carbocycles. The van der Waals surface area contributed by atoms with Crippen molar-refractivity contribution in [1.29, 1.82) is 0 Å². The molecule has 148 valence electrons. The number of benzene rings is 2.